The van der Waals surface area contributed by atoms with Crippen molar-refractivity contribution < 1.29 is 9.84 Å². The largest absolute Gasteiger partial charge is 0.508 e. The standard InChI is InChI=1S/C19H26O2/c1-5-6-13-9-16(20)18-14-7-8-19(4,21-17(18)10-13)11-15(14)12(2)3/h9-10,14-15,20H,2,5-8,11H2,1,3-4H3/t14-,15+,19+/m0/s1. The lowest BCUT2D eigenvalue weighted by molar-refractivity contribution is 0.0408. The normalized spacial score (nSPS) is 30.4. The molecular weight excluding hydrogens is 260 g/mol. The molecule has 1 N–H and O–H groups in total. The van der Waals surface area contributed by atoms with Crippen molar-refractivity contribution >= 4 is 0 Å². The lowest BCUT2D eigenvalue weighted by Gasteiger charge is -2.38. The third-order valence-corrected chi connectivity index (χ3v) is 5.20. The van der Waals surface area contributed by atoms with Crippen molar-refractivity contribution in [1.82, 2.24) is 0 Å². The quantitative estimate of drug-likeness (QED) is 0.796. The van der Waals surface area contributed by atoms with E-state index in [0.717, 1.165) is 43.4 Å². The number of phenols is 1. The van der Waals surface area contributed by atoms with Crippen molar-refractivity contribution in [1.29, 1.82) is 0 Å². The molecule has 2 aliphatic heterocycles. The van der Waals surface area contributed by atoms with Gasteiger partial charge in [0.2, 0.25) is 0 Å². The average Bonchev–Trinajstić information content (AvgIpc) is 2.61. The summed E-state index contributed by atoms with van der Waals surface area (Å²) in [4.78, 5) is 0. The Morgan fingerprint density at radius 3 is 2.90 bits per heavy atom. The van der Waals surface area contributed by atoms with E-state index in [2.05, 4.69) is 33.4 Å². The summed E-state index contributed by atoms with van der Waals surface area (Å²) in [6.07, 6.45) is 5.19. The number of phenolic OH excluding ortho intramolecular Hbond substituents is 1. The van der Waals surface area contributed by atoms with Gasteiger partial charge in [0.1, 0.15) is 17.1 Å². The molecule has 2 nitrogen and oxygen atoms in total. The maximum atomic E-state index is 10.6. The van der Waals surface area contributed by atoms with Gasteiger partial charge < -0.3 is 9.84 Å². The van der Waals surface area contributed by atoms with Gasteiger partial charge in [-0.25, -0.2) is 0 Å². The van der Waals surface area contributed by atoms with E-state index >= 15 is 0 Å². The number of hydrogen-bond donors (Lipinski definition) is 1. The summed E-state index contributed by atoms with van der Waals surface area (Å²) in [5.74, 6) is 2.09. The minimum atomic E-state index is -0.122. The van der Waals surface area contributed by atoms with E-state index in [-0.39, 0.29) is 5.60 Å². The van der Waals surface area contributed by atoms with Gasteiger partial charge in [0.25, 0.3) is 0 Å². The van der Waals surface area contributed by atoms with E-state index in [1.165, 1.54) is 11.1 Å². The molecule has 0 spiro atoms. The average molecular weight is 286 g/mol. The number of hydrogen-bond acceptors (Lipinski definition) is 2. The maximum Gasteiger partial charge on any atom is 0.127 e. The Morgan fingerprint density at radius 1 is 1.48 bits per heavy atom. The van der Waals surface area contributed by atoms with Crippen LogP contribution < -0.4 is 4.74 Å². The van der Waals surface area contributed by atoms with Gasteiger partial charge in [-0.15, -0.1) is 0 Å². The molecule has 1 fully saturated rings. The second-order valence-electron chi connectivity index (χ2n) is 7.13. The van der Waals surface area contributed by atoms with Crippen molar-refractivity contribution in [3.63, 3.8) is 0 Å². The van der Waals surface area contributed by atoms with E-state index in [9.17, 15) is 5.11 Å². The molecule has 2 heteroatoms. The molecule has 1 aliphatic carbocycles. The number of benzene rings is 1. The Hall–Kier alpha value is -1.44. The zero-order valence-corrected chi connectivity index (χ0v) is 13.4. The Kier molecular flexibility index (Phi) is 3.51. The molecule has 114 valence electrons. The number of rotatable bonds is 3. The molecule has 1 saturated carbocycles. The molecule has 0 saturated heterocycles. The summed E-state index contributed by atoms with van der Waals surface area (Å²) in [7, 11) is 0. The summed E-state index contributed by atoms with van der Waals surface area (Å²) in [5.41, 5.74) is 3.27. The molecule has 0 unspecified atom stereocenters. The highest BCUT2D eigenvalue weighted by atomic mass is 16.5. The number of ether oxygens (including phenoxy) is 1. The summed E-state index contributed by atoms with van der Waals surface area (Å²) >= 11 is 0. The molecule has 3 atom stereocenters. The van der Waals surface area contributed by atoms with Crippen molar-refractivity contribution in [3.05, 3.63) is 35.4 Å². The predicted molar refractivity (Wildman–Crippen MR) is 86.0 cm³/mol. The van der Waals surface area contributed by atoms with Crippen LogP contribution in [-0.2, 0) is 6.42 Å². The van der Waals surface area contributed by atoms with Crippen LogP contribution in [0.3, 0.4) is 0 Å². The first-order valence-corrected chi connectivity index (χ1v) is 8.14. The highest BCUT2D eigenvalue weighted by Crippen LogP contribution is 2.55. The highest BCUT2D eigenvalue weighted by molar-refractivity contribution is 5.52. The van der Waals surface area contributed by atoms with Gasteiger partial charge in [0.05, 0.1) is 0 Å². The van der Waals surface area contributed by atoms with E-state index < -0.39 is 0 Å². The van der Waals surface area contributed by atoms with Gasteiger partial charge in [-0.2, -0.15) is 0 Å². The van der Waals surface area contributed by atoms with Crippen LogP contribution in [0.25, 0.3) is 0 Å². The smallest absolute Gasteiger partial charge is 0.127 e. The minimum absolute atomic E-state index is 0.122. The Morgan fingerprint density at radius 2 is 2.24 bits per heavy atom. The van der Waals surface area contributed by atoms with Crippen molar-refractivity contribution in [2.45, 2.75) is 64.4 Å². The van der Waals surface area contributed by atoms with Crippen LogP contribution in [0, 0.1) is 5.92 Å². The van der Waals surface area contributed by atoms with Gasteiger partial charge in [-0.3, -0.25) is 0 Å². The summed E-state index contributed by atoms with van der Waals surface area (Å²) in [5, 5.41) is 10.6. The molecule has 2 heterocycles. The Bertz CT molecular complexity index is 575. The van der Waals surface area contributed by atoms with Gasteiger partial charge >= 0.3 is 0 Å². The van der Waals surface area contributed by atoms with Gasteiger partial charge in [-0.1, -0.05) is 25.5 Å². The third-order valence-electron chi connectivity index (χ3n) is 5.20. The fourth-order valence-corrected chi connectivity index (χ4v) is 4.15. The minimum Gasteiger partial charge on any atom is -0.508 e. The molecule has 0 aromatic heterocycles. The molecule has 2 bridgehead atoms. The van der Waals surface area contributed by atoms with Crippen LogP contribution in [0.5, 0.6) is 11.5 Å². The van der Waals surface area contributed by atoms with Crippen molar-refractivity contribution in [2.75, 3.05) is 0 Å². The lowest BCUT2D eigenvalue weighted by Crippen LogP contribution is -2.38. The van der Waals surface area contributed by atoms with E-state index in [0.29, 0.717) is 17.6 Å². The van der Waals surface area contributed by atoms with Crippen LogP contribution in [0.15, 0.2) is 24.3 Å². The molecule has 1 aromatic carbocycles. The first-order valence-electron chi connectivity index (χ1n) is 8.14. The van der Waals surface area contributed by atoms with Crippen LogP contribution in [0.2, 0.25) is 0 Å². The topological polar surface area (TPSA) is 29.5 Å². The first-order chi connectivity index (χ1) is 9.93. The summed E-state index contributed by atoms with van der Waals surface area (Å²) in [6.45, 7) is 10.7. The SMILES string of the molecule is C=C(C)[C@H]1C[C@@]2(C)CC[C@@H]1c1c(O)cc(CCC)cc1O2. The number of allylic oxidation sites excluding steroid dienone is 1. The fourth-order valence-electron chi connectivity index (χ4n) is 4.15. The fraction of sp³-hybridized carbons (Fsp3) is 0.579. The second kappa shape index (κ2) is 5.08. The van der Waals surface area contributed by atoms with Crippen molar-refractivity contribution in [3.8, 4) is 11.5 Å². The monoisotopic (exact) mass is 286 g/mol. The highest BCUT2D eigenvalue weighted by Gasteiger charge is 2.45. The predicted octanol–water partition coefficient (Wildman–Crippen LogP) is 4.96. The molecule has 1 aromatic rings. The number of aromatic hydroxyl groups is 1. The second-order valence-corrected chi connectivity index (χ2v) is 7.13. The van der Waals surface area contributed by atoms with E-state index in [1.807, 2.05) is 6.07 Å². The van der Waals surface area contributed by atoms with Gasteiger partial charge in [-0.05, 0) is 69.1 Å². The molecule has 0 radical (unpaired) electrons. The molecular formula is C19H26O2. The lowest BCUT2D eigenvalue weighted by atomic mass is 9.68. The summed E-state index contributed by atoms with van der Waals surface area (Å²) < 4.78 is 6.38. The number of aryl methyl sites for hydroxylation is 1. The van der Waals surface area contributed by atoms with Crippen LogP contribution in [0.4, 0.5) is 0 Å². The van der Waals surface area contributed by atoms with Crippen LogP contribution in [0.1, 0.15) is 63.5 Å². The zero-order chi connectivity index (χ0) is 15.2. The Labute approximate surface area is 127 Å². The van der Waals surface area contributed by atoms with E-state index in [4.69, 9.17) is 4.74 Å². The first kappa shape index (κ1) is 14.5. The summed E-state index contributed by atoms with van der Waals surface area (Å²) in [6, 6.07) is 4.08. The maximum absolute atomic E-state index is 10.6. The number of fused-ring (bicyclic) bond motifs is 2. The van der Waals surface area contributed by atoms with Crippen molar-refractivity contribution in [2.24, 2.45) is 5.92 Å². The molecule has 21 heavy (non-hydrogen) atoms. The van der Waals surface area contributed by atoms with Crippen LogP contribution >= 0.6 is 0 Å². The molecule has 0 amide bonds. The Balaban J connectivity index is 2.12. The molecule has 4 rings (SSSR count). The zero-order valence-electron chi connectivity index (χ0n) is 13.4. The van der Waals surface area contributed by atoms with Gasteiger partial charge in [0.15, 0.2) is 0 Å². The van der Waals surface area contributed by atoms with E-state index in [1.54, 1.807) is 0 Å². The molecule has 3 aliphatic rings. The third kappa shape index (κ3) is 2.45. The van der Waals surface area contributed by atoms with Crippen LogP contribution in [-0.4, -0.2) is 10.7 Å². The van der Waals surface area contributed by atoms with Gasteiger partial charge in [0, 0.05) is 5.56 Å².